The summed E-state index contributed by atoms with van der Waals surface area (Å²) in [6, 6.07) is 10.8. The van der Waals surface area contributed by atoms with Gasteiger partial charge in [-0.15, -0.1) is 11.3 Å². The SMILES string of the molecule is CC(C)C(=O)c1ccc(-c2cccc(C(=O)N3CCC(F)(F)CC3)c2)s1. The number of hydrogen-bond donors (Lipinski definition) is 0. The van der Waals surface area contributed by atoms with Gasteiger partial charge in [-0.1, -0.05) is 26.0 Å². The molecule has 0 spiro atoms. The fourth-order valence-electron chi connectivity index (χ4n) is 2.93. The molecule has 0 saturated carbocycles. The normalized spacial score (nSPS) is 16.7. The van der Waals surface area contributed by atoms with Gasteiger partial charge in [0, 0.05) is 42.3 Å². The summed E-state index contributed by atoms with van der Waals surface area (Å²) >= 11 is 1.40. The van der Waals surface area contributed by atoms with Crippen molar-refractivity contribution in [3.8, 4) is 10.4 Å². The molecule has 1 fully saturated rings. The third-order valence-electron chi connectivity index (χ3n) is 4.55. The number of amides is 1. The van der Waals surface area contributed by atoms with Crippen LogP contribution < -0.4 is 0 Å². The van der Waals surface area contributed by atoms with Crippen molar-refractivity contribution in [3.05, 3.63) is 46.8 Å². The molecule has 0 aliphatic carbocycles. The predicted molar refractivity (Wildman–Crippen MR) is 99.0 cm³/mol. The van der Waals surface area contributed by atoms with Crippen molar-refractivity contribution < 1.29 is 18.4 Å². The first-order chi connectivity index (χ1) is 12.3. The lowest BCUT2D eigenvalue weighted by atomic mass is 10.0. The van der Waals surface area contributed by atoms with Crippen LogP contribution in [0, 0.1) is 5.92 Å². The zero-order chi connectivity index (χ0) is 18.9. The van der Waals surface area contributed by atoms with Gasteiger partial charge in [-0.25, -0.2) is 8.78 Å². The molecule has 3 nitrogen and oxygen atoms in total. The maximum absolute atomic E-state index is 13.3. The molecular weight excluding hydrogens is 356 g/mol. The van der Waals surface area contributed by atoms with Gasteiger partial charge in [0.25, 0.3) is 11.8 Å². The van der Waals surface area contributed by atoms with E-state index in [0.717, 1.165) is 10.4 Å². The summed E-state index contributed by atoms with van der Waals surface area (Å²) in [5.41, 5.74) is 1.34. The van der Waals surface area contributed by atoms with Crippen LogP contribution in [-0.4, -0.2) is 35.6 Å². The number of alkyl halides is 2. The molecule has 1 amide bonds. The third kappa shape index (κ3) is 4.01. The van der Waals surface area contributed by atoms with Gasteiger partial charge in [0.05, 0.1) is 4.88 Å². The van der Waals surface area contributed by atoms with Crippen molar-refractivity contribution in [1.82, 2.24) is 4.90 Å². The second-order valence-electron chi connectivity index (χ2n) is 6.91. The Morgan fingerprint density at radius 1 is 1.12 bits per heavy atom. The molecule has 2 heterocycles. The number of nitrogens with zero attached hydrogens (tertiary/aromatic N) is 1. The van der Waals surface area contributed by atoms with E-state index in [1.165, 1.54) is 16.2 Å². The highest BCUT2D eigenvalue weighted by atomic mass is 32.1. The van der Waals surface area contributed by atoms with Crippen LogP contribution in [0.15, 0.2) is 36.4 Å². The summed E-state index contributed by atoms with van der Waals surface area (Å²) in [7, 11) is 0. The van der Waals surface area contributed by atoms with Crippen LogP contribution in [0.5, 0.6) is 0 Å². The molecule has 6 heteroatoms. The minimum Gasteiger partial charge on any atom is -0.338 e. The number of carbonyl (C=O) groups excluding carboxylic acids is 2. The number of piperidine rings is 1. The van der Waals surface area contributed by atoms with E-state index in [2.05, 4.69) is 0 Å². The molecule has 0 radical (unpaired) electrons. The molecule has 0 bridgehead atoms. The number of halogens is 2. The molecule has 0 N–H and O–H groups in total. The topological polar surface area (TPSA) is 37.4 Å². The highest BCUT2D eigenvalue weighted by Crippen LogP contribution is 2.31. The smallest absolute Gasteiger partial charge is 0.253 e. The van der Waals surface area contributed by atoms with Gasteiger partial charge in [0.1, 0.15) is 0 Å². The molecular formula is C20H21F2NO2S. The van der Waals surface area contributed by atoms with E-state index in [1.807, 2.05) is 32.0 Å². The largest absolute Gasteiger partial charge is 0.338 e. The number of carbonyl (C=O) groups is 2. The Morgan fingerprint density at radius 2 is 1.81 bits per heavy atom. The first kappa shape index (κ1) is 18.7. The molecule has 1 aliphatic heterocycles. The lowest BCUT2D eigenvalue weighted by Crippen LogP contribution is -2.42. The number of hydrogen-bond acceptors (Lipinski definition) is 3. The number of ketones is 1. The Bertz CT molecular complexity index is 819. The molecule has 1 aromatic carbocycles. The van der Waals surface area contributed by atoms with Crippen LogP contribution in [-0.2, 0) is 0 Å². The summed E-state index contributed by atoms with van der Waals surface area (Å²) < 4.78 is 26.6. The van der Waals surface area contributed by atoms with Gasteiger partial charge >= 0.3 is 0 Å². The van der Waals surface area contributed by atoms with Gasteiger partial charge in [-0.05, 0) is 29.8 Å². The summed E-state index contributed by atoms with van der Waals surface area (Å²) in [6.45, 7) is 3.87. The number of Topliss-reactive ketones (excluding diaryl/α,β-unsaturated/α-hetero) is 1. The third-order valence-corrected chi connectivity index (χ3v) is 5.70. The Morgan fingerprint density at radius 3 is 2.46 bits per heavy atom. The Kier molecular flexibility index (Phi) is 5.23. The summed E-state index contributed by atoms with van der Waals surface area (Å²) in [6.07, 6.45) is -0.575. The zero-order valence-electron chi connectivity index (χ0n) is 14.8. The highest BCUT2D eigenvalue weighted by Gasteiger charge is 2.35. The van der Waals surface area contributed by atoms with Crippen molar-refractivity contribution in [3.63, 3.8) is 0 Å². The molecule has 2 aromatic rings. The van der Waals surface area contributed by atoms with Crippen molar-refractivity contribution in [2.45, 2.75) is 32.6 Å². The monoisotopic (exact) mass is 377 g/mol. The van der Waals surface area contributed by atoms with Crippen LogP contribution in [0.2, 0.25) is 0 Å². The van der Waals surface area contributed by atoms with E-state index >= 15 is 0 Å². The second kappa shape index (κ2) is 7.27. The van der Waals surface area contributed by atoms with E-state index in [0.29, 0.717) is 10.4 Å². The van der Waals surface area contributed by atoms with Crippen molar-refractivity contribution in [2.24, 2.45) is 5.92 Å². The predicted octanol–water partition coefficient (Wildman–Crippen LogP) is 5.13. The molecule has 138 valence electrons. The highest BCUT2D eigenvalue weighted by molar-refractivity contribution is 7.17. The summed E-state index contributed by atoms with van der Waals surface area (Å²) in [5, 5.41) is 0. The van der Waals surface area contributed by atoms with E-state index in [4.69, 9.17) is 0 Å². The Hall–Kier alpha value is -2.08. The van der Waals surface area contributed by atoms with Crippen LogP contribution in [0.4, 0.5) is 8.78 Å². The van der Waals surface area contributed by atoms with E-state index < -0.39 is 5.92 Å². The van der Waals surface area contributed by atoms with Gasteiger partial charge in [0.15, 0.2) is 5.78 Å². The number of rotatable bonds is 4. The summed E-state index contributed by atoms with van der Waals surface area (Å²) in [4.78, 5) is 27.8. The minimum absolute atomic E-state index is 0.0633. The number of thiophene rings is 1. The average molecular weight is 377 g/mol. The van der Waals surface area contributed by atoms with Crippen molar-refractivity contribution in [2.75, 3.05) is 13.1 Å². The van der Waals surface area contributed by atoms with Crippen LogP contribution >= 0.6 is 11.3 Å². The lowest BCUT2D eigenvalue weighted by Gasteiger charge is -2.31. The van der Waals surface area contributed by atoms with Gasteiger partial charge in [-0.3, -0.25) is 9.59 Å². The Balaban J connectivity index is 1.78. The fourth-order valence-corrected chi connectivity index (χ4v) is 4.03. The van der Waals surface area contributed by atoms with E-state index in [1.54, 1.807) is 18.2 Å². The minimum atomic E-state index is -2.67. The maximum Gasteiger partial charge on any atom is 0.253 e. The van der Waals surface area contributed by atoms with Crippen LogP contribution in [0.3, 0.4) is 0 Å². The zero-order valence-corrected chi connectivity index (χ0v) is 15.6. The van der Waals surface area contributed by atoms with Gasteiger partial charge in [-0.2, -0.15) is 0 Å². The fraction of sp³-hybridized carbons (Fsp3) is 0.400. The summed E-state index contributed by atoms with van der Waals surface area (Å²) in [5.74, 6) is -2.86. The average Bonchev–Trinajstić information content (AvgIpc) is 3.10. The maximum atomic E-state index is 13.3. The van der Waals surface area contributed by atoms with Gasteiger partial charge < -0.3 is 4.90 Å². The molecule has 0 unspecified atom stereocenters. The Labute approximate surface area is 155 Å². The molecule has 26 heavy (non-hydrogen) atoms. The number of likely N-dealkylation sites (tertiary alicyclic amines) is 1. The van der Waals surface area contributed by atoms with Crippen LogP contribution in [0.1, 0.15) is 46.7 Å². The van der Waals surface area contributed by atoms with Crippen molar-refractivity contribution >= 4 is 23.0 Å². The molecule has 0 atom stereocenters. The lowest BCUT2D eigenvalue weighted by molar-refractivity contribution is -0.0494. The molecule has 3 rings (SSSR count). The van der Waals surface area contributed by atoms with E-state index in [9.17, 15) is 18.4 Å². The first-order valence-corrected chi connectivity index (χ1v) is 9.50. The molecule has 1 saturated heterocycles. The molecule has 1 aliphatic rings. The second-order valence-corrected chi connectivity index (χ2v) is 8.00. The molecule has 1 aromatic heterocycles. The van der Waals surface area contributed by atoms with Crippen LogP contribution in [0.25, 0.3) is 10.4 Å². The number of benzene rings is 1. The van der Waals surface area contributed by atoms with Gasteiger partial charge in [0.2, 0.25) is 0 Å². The standard InChI is InChI=1S/C20H21F2NO2S/c1-13(2)18(24)17-7-6-16(26-17)14-4-3-5-15(12-14)19(25)23-10-8-20(21,22)9-11-23/h3-7,12-13H,8-11H2,1-2H3. The van der Waals surface area contributed by atoms with Crippen molar-refractivity contribution in [1.29, 1.82) is 0 Å². The quantitative estimate of drug-likeness (QED) is 0.693. The van der Waals surface area contributed by atoms with E-state index in [-0.39, 0.29) is 43.5 Å². The first-order valence-electron chi connectivity index (χ1n) is 8.68.